The van der Waals surface area contributed by atoms with Crippen molar-refractivity contribution in [2.75, 3.05) is 18.5 Å². The lowest BCUT2D eigenvalue weighted by Gasteiger charge is -2.29. The molecular weight excluding hydrogens is 305 g/mol. The zero-order chi connectivity index (χ0) is 16.9. The van der Waals surface area contributed by atoms with Gasteiger partial charge in [0, 0.05) is 20.0 Å². The molecule has 0 unspecified atom stereocenters. The van der Waals surface area contributed by atoms with Gasteiger partial charge in [-0.2, -0.15) is 0 Å². The van der Waals surface area contributed by atoms with Crippen LogP contribution in [0.4, 0.5) is 10.1 Å². The molecule has 4 heteroatoms. The predicted octanol–water partition coefficient (Wildman–Crippen LogP) is 3.92. The summed E-state index contributed by atoms with van der Waals surface area (Å²) in [5.41, 5.74) is 3.81. The van der Waals surface area contributed by atoms with Gasteiger partial charge in [0.1, 0.15) is 24.5 Å². The van der Waals surface area contributed by atoms with Crippen molar-refractivity contribution in [3.05, 3.63) is 58.9 Å². The van der Waals surface area contributed by atoms with Crippen LogP contribution in [0.25, 0.3) is 0 Å². The van der Waals surface area contributed by atoms with Crippen LogP contribution in [-0.2, 0) is 24.2 Å². The number of hydrogen-bond donors (Lipinski definition) is 0. The van der Waals surface area contributed by atoms with Gasteiger partial charge in [0.15, 0.2) is 0 Å². The van der Waals surface area contributed by atoms with E-state index in [0.29, 0.717) is 25.0 Å². The number of fused-ring (bicyclic) bond motifs is 1. The molecule has 0 aliphatic carbocycles. The second-order valence-electron chi connectivity index (χ2n) is 6.21. The number of rotatable bonds is 6. The first kappa shape index (κ1) is 16.5. The van der Waals surface area contributed by atoms with E-state index in [2.05, 4.69) is 18.0 Å². The molecule has 1 aliphatic rings. The minimum atomic E-state index is -0.273. The van der Waals surface area contributed by atoms with Gasteiger partial charge in [0.25, 0.3) is 0 Å². The molecule has 0 fully saturated rings. The molecule has 3 rings (SSSR count). The van der Waals surface area contributed by atoms with Crippen LogP contribution in [0, 0.1) is 5.82 Å². The summed E-state index contributed by atoms with van der Waals surface area (Å²) in [6.07, 6.45) is 3.81. The van der Waals surface area contributed by atoms with Crippen LogP contribution in [0.15, 0.2) is 36.4 Å². The second kappa shape index (κ2) is 7.47. The fourth-order valence-electron chi connectivity index (χ4n) is 3.20. The van der Waals surface area contributed by atoms with Crippen molar-refractivity contribution < 1.29 is 13.9 Å². The standard InChI is InChI=1S/C20H22FNO2/c1-22-11-3-6-17-5-2-8-19(20(17)22)24-14-15-9-10-16(7-4-12-23)18(21)13-15/h2,5,8-10,12-13H,3-4,6-7,11,14H2,1H3. The second-order valence-corrected chi connectivity index (χ2v) is 6.21. The average Bonchev–Trinajstić information content (AvgIpc) is 2.59. The molecule has 1 aliphatic heterocycles. The quantitative estimate of drug-likeness (QED) is 0.753. The van der Waals surface area contributed by atoms with E-state index >= 15 is 0 Å². The van der Waals surface area contributed by atoms with Crippen LogP contribution in [0.2, 0.25) is 0 Å². The summed E-state index contributed by atoms with van der Waals surface area (Å²) >= 11 is 0. The summed E-state index contributed by atoms with van der Waals surface area (Å²) in [6.45, 7) is 1.35. The Hall–Kier alpha value is -2.36. The number of carbonyl (C=O) groups is 1. The van der Waals surface area contributed by atoms with Crippen molar-refractivity contribution in [1.29, 1.82) is 0 Å². The van der Waals surface area contributed by atoms with Crippen molar-refractivity contribution in [3.8, 4) is 5.75 Å². The van der Waals surface area contributed by atoms with Crippen LogP contribution >= 0.6 is 0 Å². The van der Waals surface area contributed by atoms with Crippen molar-refractivity contribution in [2.45, 2.75) is 32.3 Å². The van der Waals surface area contributed by atoms with Crippen LogP contribution in [0.5, 0.6) is 5.75 Å². The number of nitrogens with zero attached hydrogens (tertiary/aromatic N) is 1. The number of hydrogen-bond acceptors (Lipinski definition) is 3. The first-order chi connectivity index (χ1) is 11.7. The molecule has 0 saturated heterocycles. The Labute approximate surface area is 142 Å². The number of ether oxygens (including phenoxy) is 1. The molecule has 0 aromatic heterocycles. The van der Waals surface area contributed by atoms with Gasteiger partial charge >= 0.3 is 0 Å². The monoisotopic (exact) mass is 327 g/mol. The molecule has 2 aromatic rings. The van der Waals surface area contributed by atoms with Gasteiger partial charge in [-0.15, -0.1) is 0 Å². The van der Waals surface area contributed by atoms with E-state index < -0.39 is 0 Å². The molecule has 0 atom stereocenters. The number of anilines is 1. The minimum Gasteiger partial charge on any atom is -0.487 e. The maximum atomic E-state index is 14.1. The fraction of sp³-hybridized carbons (Fsp3) is 0.350. The summed E-state index contributed by atoms with van der Waals surface area (Å²) in [7, 11) is 2.08. The molecule has 0 spiro atoms. The largest absolute Gasteiger partial charge is 0.487 e. The van der Waals surface area contributed by atoms with E-state index in [1.807, 2.05) is 18.2 Å². The van der Waals surface area contributed by atoms with Crippen molar-refractivity contribution >= 4 is 12.0 Å². The molecule has 0 saturated carbocycles. The molecule has 126 valence electrons. The Morgan fingerprint density at radius 3 is 2.96 bits per heavy atom. The topological polar surface area (TPSA) is 29.5 Å². The third-order valence-electron chi connectivity index (χ3n) is 4.45. The van der Waals surface area contributed by atoms with Gasteiger partial charge in [0.05, 0.1) is 5.69 Å². The number of halogens is 1. The van der Waals surface area contributed by atoms with E-state index in [1.54, 1.807) is 6.07 Å². The molecule has 1 heterocycles. The normalized spacial score (nSPS) is 13.5. The van der Waals surface area contributed by atoms with E-state index in [9.17, 15) is 9.18 Å². The lowest BCUT2D eigenvalue weighted by molar-refractivity contribution is -0.107. The average molecular weight is 327 g/mol. The zero-order valence-corrected chi connectivity index (χ0v) is 13.9. The summed E-state index contributed by atoms with van der Waals surface area (Å²) in [4.78, 5) is 12.6. The van der Waals surface area contributed by atoms with E-state index in [0.717, 1.165) is 42.7 Å². The zero-order valence-electron chi connectivity index (χ0n) is 13.9. The molecular formula is C20H22FNO2. The molecule has 0 amide bonds. The molecule has 0 radical (unpaired) electrons. The van der Waals surface area contributed by atoms with Crippen LogP contribution in [0.1, 0.15) is 29.5 Å². The lowest BCUT2D eigenvalue weighted by Crippen LogP contribution is -2.25. The number of aldehydes is 1. The third kappa shape index (κ3) is 3.58. The number of para-hydroxylation sites is 1. The highest BCUT2D eigenvalue weighted by atomic mass is 19.1. The first-order valence-corrected chi connectivity index (χ1v) is 8.36. The SMILES string of the molecule is CN1CCCc2cccc(OCc3ccc(CCC=O)c(F)c3)c21. The number of aryl methyl sites for hydroxylation is 2. The lowest BCUT2D eigenvalue weighted by atomic mass is 10.0. The van der Waals surface area contributed by atoms with Gasteiger partial charge in [0.2, 0.25) is 0 Å². The maximum Gasteiger partial charge on any atom is 0.143 e. The maximum absolute atomic E-state index is 14.1. The van der Waals surface area contributed by atoms with Gasteiger partial charge in [-0.3, -0.25) is 0 Å². The summed E-state index contributed by atoms with van der Waals surface area (Å²) in [5.74, 6) is 0.574. The Morgan fingerprint density at radius 1 is 1.29 bits per heavy atom. The molecule has 3 nitrogen and oxygen atoms in total. The predicted molar refractivity (Wildman–Crippen MR) is 93.2 cm³/mol. The Morgan fingerprint density at radius 2 is 2.17 bits per heavy atom. The molecule has 24 heavy (non-hydrogen) atoms. The van der Waals surface area contributed by atoms with Crippen LogP contribution in [-0.4, -0.2) is 19.9 Å². The molecule has 0 bridgehead atoms. The summed E-state index contributed by atoms with van der Waals surface area (Å²) in [5, 5.41) is 0. The van der Waals surface area contributed by atoms with Gasteiger partial charge in [-0.1, -0.05) is 24.3 Å². The first-order valence-electron chi connectivity index (χ1n) is 8.36. The smallest absolute Gasteiger partial charge is 0.143 e. The van der Waals surface area contributed by atoms with Crippen LogP contribution < -0.4 is 9.64 Å². The molecule has 0 N–H and O–H groups in total. The van der Waals surface area contributed by atoms with Gasteiger partial charge in [-0.25, -0.2) is 4.39 Å². The van der Waals surface area contributed by atoms with Gasteiger partial charge in [-0.05, 0) is 48.1 Å². The van der Waals surface area contributed by atoms with E-state index in [-0.39, 0.29) is 5.82 Å². The van der Waals surface area contributed by atoms with Crippen molar-refractivity contribution in [1.82, 2.24) is 0 Å². The van der Waals surface area contributed by atoms with Crippen molar-refractivity contribution in [2.24, 2.45) is 0 Å². The fourth-order valence-corrected chi connectivity index (χ4v) is 3.20. The van der Waals surface area contributed by atoms with E-state index in [4.69, 9.17) is 4.74 Å². The Kier molecular flexibility index (Phi) is 5.14. The van der Waals surface area contributed by atoms with Crippen LogP contribution in [0.3, 0.4) is 0 Å². The highest BCUT2D eigenvalue weighted by Crippen LogP contribution is 2.35. The summed E-state index contributed by atoms with van der Waals surface area (Å²) < 4.78 is 20.0. The highest BCUT2D eigenvalue weighted by molar-refractivity contribution is 5.64. The Bertz CT molecular complexity index is 730. The highest BCUT2D eigenvalue weighted by Gasteiger charge is 2.18. The minimum absolute atomic E-state index is 0.273. The number of benzene rings is 2. The summed E-state index contributed by atoms with van der Waals surface area (Å²) in [6, 6.07) is 11.2. The Balaban J connectivity index is 1.72. The van der Waals surface area contributed by atoms with E-state index in [1.165, 1.54) is 11.6 Å². The molecule has 2 aromatic carbocycles. The van der Waals surface area contributed by atoms with Gasteiger partial charge < -0.3 is 14.4 Å². The number of carbonyl (C=O) groups excluding carboxylic acids is 1. The van der Waals surface area contributed by atoms with Crippen molar-refractivity contribution in [3.63, 3.8) is 0 Å². The third-order valence-corrected chi connectivity index (χ3v) is 4.45.